The zero-order chi connectivity index (χ0) is 43.2. The summed E-state index contributed by atoms with van der Waals surface area (Å²) in [6.45, 7) is 2.78. The monoisotopic (exact) mass is 811 g/mol. The van der Waals surface area contributed by atoms with E-state index in [4.69, 9.17) is 19.9 Å². The Bertz CT molecular complexity index is 2130. The number of benzene rings is 2. The summed E-state index contributed by atoms with van der Waals surface area (Å²) >= 11 is 0. The number of aliphatic hydroxyl groups excluding tert-OH is 2. The lowest BCUT2D eigenvalue weighted by Crippen LogP contribution is -2.65. The lowest BCUT2D eigenvalue weighted by Gasteiger charge is -2.50. The van der Waals surface area contributed by atoms with Gasteiger partial charge in [0.1, 0.15) is 41.0 Å². The molecular formula is C39H46FN5O13. The molecule has 0 radical (unpaired) electrons. The van der Waals surface area contributed by atoms with Crippen molar-refractivity contribution in [2.45, 2.75) is 50.8 Å². The summed E-state index contributed by atoms with van der Waals surface area (Å²) in [7, 11) is 6.33. The number of hydrogen-bond donors (Lipinski definition) is 6. The Morgan fingerprint density at radius 2 is 1.66 bits per heavy atom. The predicted molar refractivity (Wildman–Crippen MR) is 203 cm³/mol. The van der Waals surface area contributed by atoms with Crippen LogP contribution in [0.1, 0.15) is 38.3 Å². The third kappa shape index (κ3) is 7.86. The van der Waals surface area contributed by atoms with Crippen molar-refractivity contribution in [1.29, 1.82) is 0 Å². The minimum Gasteiger partial charge on any atom is -0.508 e. The zero-order valence-corrected chi connectivity index (χ0v) is 32.9. The van der Waals surface area contributed by atoms with Crippen LogP contribution < -0.4 is 20.7 Å². The molecule has 5 rings (SSSR count). The number of nitrogens with one attached hydrogen (secondary N) is 1. The number of amides is 3. The summed E-state index contributed by atoms with van der Waals surface area (Å²) in [6.07, 6.45) is -1.15. The van der Waals surface area contributed by atoms with E-state index in [-0.39, 0.29) is 35.4 Å². The molecule has 1 fully saturated rings. The highest BCUT2D eigenvalue weighted by Gasteiger charge is 2.64. The van der Waals surface area contributed by atoms with Crippen LogP contribution in [0.3, 0.4) is 0 Å². The van der Waals surface area contributed by atoms with Crippen molar-refractivity contribution in [3.05, 3.63) is 64.2 Å². The maximum atomic E-state index is 14.3. The van der Waals surface area contributed by atoms with E-state index in [1.165, 1.54) is 37.2 Å². The van der Waals surface area contributed by atoms with Crippen molar-refractivity contribution >= 4 is 52.6 Å². The molecule has 19 heteroatoms. The van der Waals surface area contributed by atoms with E-state index >= 15 is 0 Å². The van der Waals surface area contributed by atoms with Crippen molar-refractivity contribution in [3.63, 3.8) is 0 Å². The van der Waals surface area contributed by atoms with Crippen LogP contribution in [0, 0.1) is 17.7 Å². The van der Waals surface area contributed by atoms with Crippen LogP contribution in [-0.2, 0) is 39.9 Å². The maximum absolute atomic E-state index is 14.3. The molecule has 312 valence electrons. The number of carbonyl (C=O) groups excluding carboxylic acids is 6. The summed E-state index contributed by atoms with van der Waals surface area (Å²) in [6, 6.07) is 5.08. The van der Waals surface area contributed by atoms with Crippen molar-refractivity contribution in [3.8, 4) is 11.5 Å². The standard InChI is InChI=1S/C39H46FN5O13/c1-38(2,3)45(37(54)58-17-57-26(47)16-56-20-10-8-19(40)9-11-20)15-25(46)42-23-14-24(43(4)5)21-12-18-13-22-30(44(6)7)33(50)29(36(41)53)35(52)39(22,55)34(51)27(18)32(49)28(21)31(23)48/h8-11,14,18,22,30,48-49,52,55H,12-13,15-17H2,1-7H3,(H2,41,53)(H,42,46)/t18-,22-,30-,39-/m0/s1. The van der Waals surface area contributed by atoms with Crippen molar-refractivity contribution in [2.24, 2.45) is 17.6 Å². The number of nitrogens with two attached hydrogens (primary N) is 1. The molecule has 1 saturated carbocycles. The van der Waals surface area contributed by atoms with E-state index < -0.39 is 113 Å². The van der Waals surface area contributed by atoms with E-state index in [0.717, 1.165) is 17.0 Å². The van der Waals surface area contributed by atoms with Crippen LogP contribution >= 0.6 is 0 Å². The summed E-state index contributed by atoms with van der Waals surface area (Å²) < 4.78 is 28.3. The van der Waals surface area contributed by atoms with Crippen molar-refractivity contribution in [2.75, 3.05) is 58.4 Å². The van der Waals surface area contributed by atoms with Gasteiger partial charge in [0.2, 0.25) is 18.5 Å². The summed E-state index contributed by atoms with van der Waals surface area (Å²) in [5.41, 5.74) is 0.506. The van der Waals surface area contributed by atoms with Gasteiger partial charge < -0.3 is 50.6 Å². The van der Waals surface area contributed by atoms with Gasteiger partial charge in [0.05, 0.1) is 17.3 Å². The molecule has 0 spiro atoms. The van der Waals surface area contributed by atoms with E-state index in [1.54, 1.807) is 39.8 Å². The number of anilines is 2. The van der Waals surface area contributed by atoms with Gasteiger partial charge in [-0.05, 0) is 89.5 Å². The highest BCUT2D eigenvalue weighted by molar-refractivity contribution is 6.24. The van der Waals surface area contributed by atoms with Crippen LogP contribution in [0.5, 0.6) is 11.5 Å². The lowest BCUT2D eigenvalue weighted by molar-refractivity contribution is -0.155. The number of hydrogen-bond acceptors (Lipinski definition) is 15. The first-order chi connectivity index (χ1) is 27.0. The summed E-state index contributed by atoms with van der Waals surface area (Å²) in [5.74, 6) is -10.2. The molecule has 3 aliphatic carbocycles. The van der Waals surface area contributed by atoms with Gasteiger partial charge in [0, 0.05) is 36.8 Å². The number of phenolic OH excluding ortho intramolecular Hbond substituents is 1. The van der Waals surface area contributed by atoms with E-state index in [1.807, 2.05) is 0 Å². The molecule has 7 N–H and O–H groups in total. The molecule has 2 aromatic rings. The van der Waals surface area contributed by atoms with Gasteiger partial charge >= 0.3 is 12.1 Å². The molecule has 0 saturated heterocycles. The van der Waals surface area contributed by atoms with Gasteiger partial charge in [0.15, 0.2) is 18.0 Å². The normalized spacial score (nSPS) is 21.4. The van der Waals surface area contributed by atoms with E-state index in [2.05, 4.69) is 5.32 Å². The van der Waals surface area contributed by atoms with Gasteiger partial charge in [-0.1, -0.05) is 0 Å². The lowest BCUT2D eigenvalue weighted by atomic mass is 9.57. The minimum absolute atomic E-state index is 0.0103. The highest BCUT2D eigenvalue weighted by Crippen LogP contribution is 2.54. The molecule has 3 aliphatic rings. The molecule has 0 unspecified atom stereocenters. The summed E-state index contributed by atoms with van der Waals surface area (Å²) in [4.78, 5) is 82.8. The van der Waals surface area contributed by atoms with Crippen molar-refractivity contribution in [1.82, 2.24) is 9.80 Å². The number of likely N-dealkylation sites (N-methyl/N-ethyl adjacent to an activating group) is 1. The number of Topliss-reactive ketones (excluding diaryl/α,β-unsaturated/α-hetero) is 2. The van der Waals surface area contributed by atoms with E-state index in [0.29, 0.717) is 11.3 Å². The first-order valence-corrected chi connectivity index (χ1v) is 18.0. The second-order valence-corrected chi connectivity index (χ2v) is 15.6. The summed E-state index contributed by atoms with van der Waals surface area (Å²) in [5, 5.41) is 48.9. The molecule has 2 aromatic carbocycles. The number of primary amides is 1. The molecule has 0 aliphatic heterocycles. The number of fused-ring (bicyclic) bond motifs is 3. The van der Waals surface area contributed by atoms with Gasteiger partial charge in [-0.3, -0.25) is 29.0 Å². The van der Waals surface area contributed by atoms with Crippen LogP contribution in [0.25, 0.3) is 5.76 Å². The Hall–Kier alpha value is -6.21. The smallest absolute Gasteiger partial charge is 0.413 e. The highest BCUT2D eigenvalue weighted by atomic mass is 19.1. The van der Waals surface area contributed by atoms with Gasteiger partial charge in [0.25, 0.3) is 5.91 Å². The zero-order valence-electron chi connectivity index (χ0n) is 32.9. The fourth-order valence-corrected chi connectivity index (χ4v) is 7.63. The fraction of sp³-hybridized carbons (Fsp3) is 0.436. The molecular weight excluding hydrogens is 765 g/mol. The topological polar surface area (TPSA) is 259 Å². The number of esters is 1. The number of nitrogens with zero attached hydrogens (tertiary/aromatic N) is 3. The van der Waals surface area contributed by atoms with Gasteiger partial charge in [-0.15, -0.1) is 0 Å². The van der Waals surface area contributed by atoms with Crippen LogP contribution in [0.2, 0.25) is 0 Å². The predicted octanol–water partition coefficient (Wildman–Crippen LogP) is 1.92. The number of ketones is 2. The number of aromatic hydroxyl groups is 1. The average Bonchev–Trinajstić information content (AvgIpc) is 3.12. The third-order valence-corrected chi connectivity index (χ3v) is 10.4. The molecule has 58 heavy (non-hydrogen) atoms. The van der Waals surface area contributed by atoms with Gasteiger partial charge in [-0.2, -0.15) is 0 Å². The molecule has 0 bridgehead atoms. The molecule has 0 heterocycles. The van der Waals surface area contributed by atoms with Crippen LogP contribution in [0.4, 0.5) is 20.6 Å². The third-order valence-electron chi connectivity index (χ3n) is 10.4. The Kier molecular flexibility index (Phi) is 11.8. The van der Waals surface area contributed by atoms with Crippen LogP contribution in [-0.4, -0.2) is 131 Å². The Morgan fingerprint density at radius 3 is 2.22 bits per heavy atom. The Labute approximate surface area is 332 Å². The number of carbonyl (C=O) groups is 6. The van der Waals surface area contributed by atoms with Crippen LogP contribution in [0.15, 0.2) is 47.2 Å². The largest absolute Gasteiger partial charge is 0.508 e. The first-order valence-electron chi connectivity index (χ1n) is 18.0. The fourth-order valence-electron chi connectivity index (χ4n) is 7.63. The van der Waals surface area contributed by atoms with E-state index in [9.17, 15) is 53.6 Å². The number of aliphatic hydroxyl groups is 3. The number of ether oxygens (including phenoxy) is 3. The molecule has 3 amide bonds. The Balaban J connectivity index is 1.39. The molecule has 0 aromatic heterocycles. The minimum atomic E-state index is -2.84. The number of phenols is 1. The second kappa shape index (κ2) is 16.0. The number of rotatable bonds is 11. The number of halogens is 1. The van der Waals surface area contributed by atoms with Crippen molar-refractivity contribution < 1.29 is 67.8 Å². The van der Waals surface area contributed by atoms with Gasteiger partial charge in [-0.25, -0.2) is 14.0 Å². The first kappa shape index (κ1) is 42.9. The average molecular weight is 812 g/mol. The molecule has 4 atom stereocenters. The Morgan fingerprint density at radius 1 is 1.02 bits per heavy atom. The SMILES string of the molecule is CN(C)c1cc(NC(=O)CN(C(=O)OCOC(=O)COc2ccc(F)cc2)C(C)(C)C)c(O)c2c1C[C@H]1C[C@H]3[C@H](N(C)C)C(=O)C(C(N)=O)=C(O)[C@@]3(O)C(=O)C1=C2O. The molecule has 18 nitrogen and oxygen atoms in total. The second-order valence-electron chi connectivity index (χ2n) is 15.6. The maximum Gasteiger partial charge on any atom is 0.413 e. The quantitative estimate of drug-likeness (QED) is 0.0820.